The smallest absolute Gasteiger partial charge is 0.408 e. The van der Waals surface area contributed by atoms with Crippen LogP contribution < -0.4 is 10.6 Å². The number of benzene rings is 2. The molecule has 0 fully saturated rings. The zero-order valence-corrected chi connectivity index (χ0v) is 26.1. The van der Waals surface area contributed by atoms with Crippen molar-refractivity contribution in [2.75, 3.05) is 0 Å². The fourth-order valence-corrected chi connectivity index (χ4v) is 4.49. The highest BCUT2D eigenvalue weighted by atomic mass is 16.6. The Morgan fingerprint density at radius 1 is 0.925 bits per heavy atom. The molecule has 0 radical (unpaired) electrons. The van der Waals surface area contributed by atoms with Crippen molar-refractivity contribution in [1.29, 1.82) is 0 Å². The van der Waals surface area contributed by atoms with Gasteiger partial charge in [0.25, 0.3) is 0 Å². The Kier molecular flexibility index (Phi) is 11.4. The number of nitrogens with one attached hydrogen (secondary N) is 2. The lowest BCUT2D eigenvalue weighted by atomic mass is 9.90. The second-order valence-electron chi connectivity index (χ2n) is 12.7. The molecule has 0 aliphatic heterocycles. The lowest BCUT2D eigenvalue weighted by molar-refractivity contribution is -0.149. The average Bonchev–Trinajstić information content (AvgIpc) is 2.86. The molecule has 2 unspecified atom stereocenters. The summed E-state index contributed by atoms with van der Waals surface area (Å²) in [5, 5.41) is 5.89. The van der Waals surface area contributed by atoms with E-state index in [-0.39, 0.29) is 17.7 Å². The van der Waals surface area contributed by atoms with Gasteiger partial charge < -0.3 is 20.3 Å². The molecule has 3 amide bonds. The normalized spacial score (nSPS) is 13.4. The van der Waals surface area contributed by atoms with Crippen LogP contribution >= 0.6 is 0 Å². The van der Waals surface area contributed by atoms with Crippen molar-refractivity contribution < 1.29 is 19.1 Å². The first-order valence-electron chi connectivity index (χ1n) is 14.3. The molecule has 2 atom stereocenters. The van der Waals surface area contributed by atoms with Crippen molar-refractivity contribution in [2.24, 2.45) is 5.92 Å². The van der Waals surface area contributed by atoms with Crippen LogP contribution in [0.1, 0.15) is 96.5 Å². The zero-order chi connectivity index (χ0) is 30.3. The fourth-order valence-electron chi connectivity index (χ4n) is 4.49. The van der Waals surface area contributed by atoms with Gasteiger partial charge in [0.05, 0.1) is 0 Å². The van der Waals surface area contributed by atoms with E-state index in [1.807, 2.05) is 97.0 Å². The van der Waals surface area contributed by atoms with Gasteiger partial charge >= 0.3 is 6.09 Å². The monoisotopic (exact) mass is 551 g/mol. The highest BCUT2D eigenvalue weighted by molar-refractivity contribution is 5.92. The van der Waals surface area contributed by atoms with E-state index in [1.54, 1.807) is 25.7 Å². The van der Waals surface area contributed by atoms with Crippen LogP contribution in [0.25, 0.3) is 0 Å². The maximum absolute atomic E-state index is 14.5. The van der Waals surface area contributed by atoms with Gasteiger partial charge in [-0.25, -0.2) is 4.79 Å². The predicted molar refractivity (Wildman–Crippen MR) is 161 cm³/mol. The summed E-state index contributed by atoms with van der Waals surface area (Å²) >= 11 is 0. The Balaban J connectivity index is 2.60. The number of carbonyl (C=O) groups excluding carboxylic acids is 3. The van der Waals surface area contributed by atoms with Crippen LogP contribution in [0, 0.1) is 19.8 Å². The van der Waals surface area contributed by atoms with Crippen LogP contribution in [0.2, 0.25) is 0 Å². The molecule has 0 saturated carbocycles. The van der Waals surface area contributed by atoms with Crippen molar-refractivity contribution in [1.82, 2.24) is 15.5 Å². The molecule has 0 aromatic heterocycles. The molecule has 40 heavy (non-hydrogen) atoms. The third-order valence-electron chi connectivity index (χ3n) is 7.11. The van der Waals surface area contributed by atoms with Gasteiger partial charge in [-0.2, -0.15) is 0 Å². The van der Waals surface area contributed by atoms with Gasteiger partial charge in [-0.3, -0.25) is 9.59 Å². The summed E-state index contributed by atoms with van der Waals surface area (Å²) in [6.07, 6.45) is 0.351. The zero-order valence-electron chi connectivity index (χ0n) is 26.1. The maximum Gasteiger partial charge on any atom is 0.408 e. The third-order valence-corrected chi connectivity index (χ3v) is 7.11. The lowest BCUT2D eigenvalue weighted by Crippen LogP contribution is -2.59. The van der Waals surface area contributed by atoms with Crippen LogP contribution in [-0.4, -0.2) is 40.0 Å². The van der Waals surface area contributed by atoms with Crippen molar-refractivity contribution in [3.63, 3.8) is 0 Å². The highest BCUT2D eigenvalue weighted by Crippen LogP contribution is 2.33. The molecule has 0 heterocycles. The topological polar surface area (TPSA) is 87.7 Å². The van der Waals surface area contributed by atoms with Crippen LogP contribution in [0.5, 0.6) is 0 Å². The molecule has 2 rings (SSSR count). The van der Waals surface area contributed by atoms with Crippen LogP contribution in [0.4, 0.5) is 4.79 Å². The number of hydrogen-bond acceptors (Lipinski definition) is 4. The summed E-state index contributed by atoms with van der Waals surface area (Å²) in [5.41, 5.74) is 2.41. The fraction of sp³-hybridized carbons (Fsp3) is 0.545. The summed E-state index contributed by atoms with van der Waals surface area (Å²) in [5.74, 6) is -0.477. The lowest BCUT2D eigenvalue weighted by Gasteiger charge is -2.45. The van der Waals surface area contributed by atoms with Crippen molar-refractivity contribution in [3.05, 3.63) is 70.8 Å². The molecule has 0 aliphatic rings. The predicted octanol–water partition coefficient (Wildman–Crippen LogP) is 6.62. The van der Waals surface area contributed by atoms with Gasteiger partial charge in [-0.15, -0.1) is 0 Å². The summed E-state index contributed by atoms with van der Waals surface area (Å²) in [4.78, 5) is 43.1. The number of carbonyl (C=O) groups is 3. The quantitative estimate of drug-likeness (QED) is 0.329. The summed E-state index contributed by atoms with van der Waals surface area (Å²) in [7, 11) is 0. The Morgan fingerprint density at radius 3 is 2.08 bits per heavy atom. The third kappa shape index (κ3) is 9.39. The molecule has 0 bridgehead atoms. The minimum atomic E-state index is -0.902. The second kappa shape index (κ2) is 13.8. The van der Waals surface area contributed by atoms with Crippen molar-refractivity contribution >= 4 is 17.9 Å². The van der Waals surface area contributed by atoms with E-state index in [0.29, 0.717) is 19.4 Å². The Hall–Kier alpha value is -3.35. The number of ether oxygens (including phenoxy) is 1. The molecule has 7 heteroatoms. The first kappa shape index (κ1) is 32.9. The molecule has 2 N–H and O–H groups in total. The largest absolute Gasteiger partial charge is 0.444 e. The number of amides is 3. The molecule has 0 aliphatic carbocycles. The van der Waals surface area contributed by atoms with Gasteiger partial charge in [0, 0.05) is 12.1 Å². The second-order valence-corrected chi connectivity index (χ2v) is 12.7. The Labute approximate surface area is 241 Å². The van der Waals surface area contributed by atoms with Gasteiger partial charge in [0.15, 0.2) is 0 Å². The standard InChI is InChI=1S/C33H49N3O4/c1-11-33(9,10)36(30(38)27(19-22(2)3)35-31(39)40-32(6,7)8)28(26-18-17-23(4)24(5)20-26)29(37)34-21-25-15-13-12-14-16-25/h12-18,20,22,27-28H,11,19,21H2,1-10H3,(H,34,37)(H,35,39). The molecule has 2 aromatic carbocycles. The highest BCUT2D eigenvalue weighted by Gasteiger charge is 2.43. The van der Waals surface area contributed by atoms with Gasteiger partial charge in [-0.05, 0) is 89.5 Å². The van der Waals surface area contributed by atoms with Gasteiger partial charge in [0.1, 0.15) is 17.7 Å². The first-order chi connectivity index (χ1) is 18.6. The van der Waals surface area contributed by atoms with Crippen molar-refractivity contribution in [2.45, 2.75) is 112 Å². The first-order valence-corrected chi connectivity index (χ1v) is 14.3. The van der Waals surface area contributed by atoms with Crippen LogP contribution in [0.15, 0.2) is 48.5 Å². The van der Waals surface area contributed by atoms with Gasteiger partial charge in [-0.1, -0.05) is 69.3 Å². The summed E-state index contributed by atoms with van der Waals surface area (Å²) in [6.45, 7) is 19.6. The Morgan fingerprint density at radius 2 is 1.55 bits per heavy atom. The molecular weight excluding hydrogens is 502 g/mol. The minimum absolute atomic E-state index is 0.113. The summed E-state index contributed by atoms with van der Waals surface area (Å²) in [6, 6.07) is 13.8. The van der Waals surface area contributed by atoms with E-state index in [4.69, 9.17) is 4.74 Å². The van der Waals surface area contributed by atoms with E-state index in [0.717, 1.165) is 22.3 Å². The van der Waals surface area contributed by atoms with E-state index >= 15 is 0 Å². The number of nitrogens with zero attached hydrogens (tertiary/aromatic N) is 1. The molecular formula is C33H49N3O4. The molecule has 220 valence electrons. The number of rotatable bonds is 11. The van der Waals surface area contributed by atoms with Crippen LogP contribution in [0.3, 0.4) is 0 Å². The van der Waals surface area contributed by atoms with E-state index in [2.05, 4.69) is 10.6 Å². The molecule has 0 saturated heterocycles. The number of hydrogen-bond donors (Lipinski definition) is 2. The van der Waals surface area contributed by atoms with Gasteiger partial charge in [0.2, 0.25) is 11.8 Å². The SMILES string of the molecule is CCC(C)(C)N(C(=O)C(CC(C)C)NC(=O)OC(C)(C)C)C(C(=O)NCc1ccccc1)c1ccc(C)c(C)c1. The average molecular weight is 552 g/mol. The number of alkyl carbamates (subject to hydrolysis) is 1. The maximum atomic E-state index is 14.5. The molecule has 7 nitrogen and oxygen atoms in total. The Bertz CT molecular complexity index is 1150. The molecule has 2 aromatic rings. The van der Waals surface area contributed by atoms with Crippen molar-refractivity contribution in [3.8, 4) is 0 Å². The molecule has 0 spiro atoms. The summed E-state index contributed by atoms with van der Waals surface area (Å²) < 4.78 is 5.50. The van der Waals surface area contributed by atoms with E-state index in [9.17, 15) is 14.4 Å². The minimum Gasteiger partial charge on any atom is -0.444 e. The van der Waals surface area contributed by atoms with E-state index in [1.165, 1.54) is 0 Å². The van der Waals surface area contributed by atoms with E-state index < -0.39 is 29.3 Å². The number of aryl methyl sites for hydroxylation is 2. The van der Waals surface area contributed by atoms with Crippen LogP contribution in [-0.2, 0) is 20.9 Å².